The maximum absolute atomic E-state index is 12.3. The number of nitrogens with one attached hydrogen (secondary N) is 1. The standard InChI is InChI=1S/C14H20N2O2S/c17-14(15-9-12-3-2-7-18-12)16-6-1-4-13(16)11-5-8-19-10-11/h5,8,10,12-13H,1-4,6-7,9H2,(H,15,17). The van der Waals surface area contributed by atoms with Crippen molar-refractivity contribution in [3.8, 4) is 0 Å². The number of urea groups is 1. The predicted octanol–water partition coefficient (Wildman–Crippen LogP) is 2.77. The Morgan fingerprint density at radius 2 is 2.42 bits per heavy atom. The second kappa shape index (κ2) is 5.92. The smallest absolute Gasteiger partial charge is 0.318 e. The summed E-state index contributed by atoms with van der Waals surface area (Å²) < 4.78 is 5.53. The minimum absolute atomic E-state index is 0.0594. The summed E-state index contributed by atoms with van der Waals surface area (Å²) in [6.07, 6.45) is 4.56. The van der Waals surface area contributed by atoms with Crippen LogP contribution in [-0.2, 0) is 4.74 Å². The van der Waals surface area contributed by atoms with E-state index < -0.39 is 0 Å². The lowest BCUT2D eigenvalue weighted by Crippen LogP contribution is -2.42. The summed E-state index contributed by atoms with van der Waals surface area (Å²) in [5.41, 5.74) is 1.27. The highest BCUT2D eigenvalue weighted by molar-refractivity contribution is 7.07. The minimum atomic E-state index is 0.0594. The molecular formula is C14H20N2O2S. The summed E-state index contributed by atoms with van der Waals surface area (Å²) in [6, 6.07) is 2.45. The van der Waals surface area contributed by atoms with E-state index >= 15 is 0 Å². The highest BCUT2D eigenvalue weighted by Crippen LogP contribution is 2.32. The molecule has 0 spiro atoms. The molecule has 2 saturated heterocycles. The van der Waals surface area contributed by atoms with Crippen LogP contribution in [0.5, 0.6) is 0 Å². The number of nitrogens with zero attached hydrogens (tertiary/aromatic N) is 1. The number of carbonyl (C=O) groups excluding carboxylic acids is 1. The van der Waals surface area contributed by atoms with Gasteiger partial charge in [-0.1, -0.05) is 0 Å². The van der Waals surface area contributed by atoms with Crippen molar-refractivity contribution in [3.05, 3.63) is 22.4 Å². The van der Waals surface area contributed by atoms with Gasteiger partial charge in [-0.25, -0.2) is 4.79 Å². The van der Waals surface area contributed by atoms with Gasteiger partial charge in [0, 0.05) is 19.7 Å². The minimum Gasteiger partial charge on any atom is -0.376 e. The molecule has 104 valence electrons. The van der Waals surface area contributed by atoms with Crippen LogP contribution >= 0.6 is 11.3 Å². The molecule has 2 aliphatic heterocycles. The fraction of sp³-hybridized carbons (Fsp3) is 0.643. The zero-order chi connectivity index (χ0) is 13.1. The maximum atomic E-state index is 12.3. The molecule has 0 radical (unpaired) electrons. The van der Waals surface area contributed by atoms with E-state index in [1.807, 2.05) is 4.90 Å². The van der Waals surface area contributed by atoms with Crippen LogP contribution in [-0.4, -0.2) is 36.7 Å². The van der Waals surface area contributed by atoms with Gasteiger partial charge in [0.2, 0.25) is 0 Å². The molecule has 0 saturated carbocycles. The summed E-state index contributed by atoms with van der Waals surface area (Å²) in [6.45, 7) is 2.34. The van der Waals surface area contributed by atoms with E-state index in [0.29, 0.717) is 6.54 Å². The third-order valence-electron chi connectivity index (χ3n) is 3.95. The van der Waals surface area contributed by atoms with Crippen LogP contribution in [0.4, 0.5) is 4.79 Å². The Morgan fingerprint density at radius 1 is 1.47 bits per heavy atom. The zero-order valence-corrected chi connectivity index (χ0v) is 11.8. The maximum Gasteiger partial charge on any atom is 0.318 e. The molecule has 19 heavy (non-hydrogen) atoms. The molecule has 1 N–H and O–H groups in total. The van der Waals surface area contributed by atoms with Crippen LogP contribution < -0.4 is 5.32 Å². The number of likely N-dealkylation sites (tertiary alicyclic amines) is 1. The number of hydrogen-bond donors (Lipinski definition) is 1. The summed E-state index contributed by atoms with van der Waals surface area (Å²) in [4.78, 5) is 14.2. The first-order valence-electron chi connectivity index (χ1n) is 7.03. The van der Waals surface area contributed by atoms with Crippen molar-refractivity contribution in [2.75, 3.05) is 19.7 Å². The molecule has 2 amide bonds. The molecular weight excluding hydrogens is 260 g/mol. The van der Waals surface area contributed by atoms with Crippen LogP contribution in [0.3, 0.4) is 0 Å². The molecule has 0 aromatic carbocycles. The van der Waals surface area contributed by atoms with Gasteiger partial charge in [-0.15, -0.1) is 0 Å². The van der Waals surface area contributed by atoms with Crippen LogP contribution in [0.25, 0.3) is 0 Å². The van der Waals surface area contributed by atoms with Gasteiger partial charge in [0.25, 0.3) is 0 Å². The highest BCUT2D eigenvalue weighted by atomic mass is 32.1. The summed E-state index contributed by atoms with van der Waals surface area (Å²) in [5.74, 6) is 0. The molecule has 4 nitrogen and oxygen atoms in total. The van der Waals surface area contributed by atoms with Crippen molar-refractivity contribution in [2.45, 2.75) is 37.8 Å². The summed E-state index contributed by atoms with van der Waals surface area (Å²) >= 11 is 1.70. The Morgan fingerprint density at radius 3 is 3.16 bits per heavy atom. The van der Waals surface area contributed by atoms with Gasteiger partial charge < -0.3 is 15.0 Å². The SMILES string of the molecule is O=C(NCC1CCCO1)N1CCCC1c1ccsc1. The number of ether oxygens (including phenoxy) is 1. The van der Waals surface area contributed by atoms with Crippen molar-refractivity contribution in [2.24, 2.45) is 0 Å². The quantitative estimate of drug-likeness (QED) is 0.925. The van der Waals surface area contributed by atoms with Gasteiger partial charge in [0.05, 0.1) is 12.1 Å². The third kappa shape index (κ3) is 2.92. The van der Waals surface area contributed by atoms with Crippen molar-refractivity contribution in [1.29, 1.82) is 0 Å². The lowest BCUT2D eigenvalue weighted by molar-refractivity contribution is 0.108. The number of rotatable bonds is 3. The largest absolute Gasteiger partial charge is 0.376 e. The second-order valence-electron chi connectivity index (χ2n) is 5.23. The molecule has 2 fully saturated rings. The molecule has 2 unspecified atom stereocenters. The topological polar surface area (TPSA) is 41.6 Å². The Balaban J connectivity index is 1.56. The predicted molar refractivity (Wildman–Crippen MR) is 75.4 cm³/mol. The normalized spacial score (nSPS) is 26.8. The van der Waals surface area contributed by atoms with Gasteiger partial charge in [0.1, 0.15) is 0 Å². The first-order valence-corrected chi connectivity index (χ1v) is 7.97. The van der Waals surface area contributed by atoms with E-state index in [9.17, 15) is 4.79 Å². The Bertz CT molecular complexity index is 415. The van der Waals surface area contributed by atoms with Crippen LogP contribution in [0.2, 0.25) is 0 Å². The van der Waals surface area contributed by atoms with Crippen molar-refractivity contribution in [3.63, 3.8) is 0 Å². The lowest BCUT2D eigenvalue weighted by Gasteiger charge is -2.25. The monoisotopic (exact) mass is 280 g/mol. The first-order chi connectivity index (χ1) is 9.34. The fourth-order valence-corrected chi connectivity index (χ4v) is 3.64. The van der Waals surface area contributed by atoms with Gasteiger partial charge in [-0.2, -0.15) is 11.3 Å². The average molecular weight is 280 g/mol. The molecule has 3 heterocycles. The van der Waals surface area contributed by atoms with E-state index in [1.54, 1.807) is 11.3 Å². The number of thiophene rings is 1. The first kappa shape index (κ1) is 12.9. The molecule has 1 aromatic rings. The third-order valence-corrected chi connectivity index (χ3v) is 4.65. The Labute approximate surface area is 117 Å². The van der Waals surface area contributed by atoms with Crippen molar-refractivity contribution >= 4 is 17.4 Å². The molecule has 5 heteroatoms. The number of hydrogen-bond acceptors (Lipinski definition) is 3. The summed E-state index contributed by atoms with van der Waals surface area (Å²) in [7, 11) is 0. The Hall–Kier alpha value is -1.07. The average Bonchev–Trinajstić information content (AvgIpc) is 3.14. The molecule has 1 aromatic heterocycles. The van der Waals surface area contributed by atoms with Gasteiger partial charge in [-0.05, 0) is 48.1 Å². The fourth-order valence-electron chi connectivity index (χ4n) is 2.93. The van der Waals surface area contributed by atoms with E-state index in [2.05, 4.69) is 22.1 Å². The second-order valence-corrected chi connectivity index (χ2v) is 6.01. The van der Waals surface area contributed by atoms with Gasteiger partial charge in [0.15, 0.2) is 0 Å². The molecule has 3 rings (SSSR count). The zero-order valence-electron chi connectivity index (χ0n) is 11.0. The van der Waals surface area contributed by atoms with Crippen LogP contribution in [0.1, 0.15) is 37.3 Å². The van der Waals surface area contributed by atoms with Crippen molar-refractivity contribution < 1.29 is 9.53 Å². The molecule has 2 aliphatic rings. The highest BCUT2D eigenvalue weighted by Gasteiger charge is 2.30. The van der Waals surface area contributed by atoms with E-state index in [-0.39, 0.29) is 18.2 Å². The van der Waals surface area contributed by atoms with Gasteiger partial charge in [-0.3, -0.25) is 0 Å². The number of carbonyl (C=O) groups is 1. The van der Waals surface area contributed by atoms with E-state index in [1.165, 1.54) is 5.56 Å². The van der Waals surface area contributed by atoms with Crippen LogP contribution in [0, 0.1) is 0 Å². The molecule has 0 bridgehead atoms. The number of amides is 2. The van der Waals surface area contributed by atoms with E-state index in [0.717, 1.165) is 38.8 Å². The Kier molecular flexibility index (Phi) is 4.03. The summed E-state index contributed by atoms with van der Waals surface area (Å²) in [5, 5.41) is 7.25. The van der Waals surface area contributed by atoms with E-state index in [4.69, 9.17) is 4.74 Å². The lowest BCUT2D eigenvalue weighted by atomic mass is 10.1. The van der Waals surface area contributed by atoms with Gasteiger partial charge >= 0.3 is 6.03 Å². The van der Waals surface area contributed by atoms with Crippen LogP contribution in [0.15, 0.2) is 16.8 Å². The molecule has 0 aliphatic carbocycles. The molecule has 2 atom stereocenters. The van der Waals surface area contributed by atoms with Crippen molar-refractivity contribution in [1.82, 2.24) is 10.2 Å².